The molecule has 0 saturated heterocycles. The van der Waals surface area contributed by atoms with Crippen LogP contribution in [0.15, 0.2) is 53.2 Å². The van der Waals surface area contributed by atoms with Gasteiger partial charge in [0.05, 0.1) is 16.7 Å². The van der Waals surface area contributed by atoms with Gasteiger partial charge in [-0.3, -0.25) is 9.20 Å². The lowest BCUT2D eigenvalue weighted by atomic mass is 9.93. The number of amides is 1. The Morgan fingerprint density at radius 1 is 1.16 bits per heavy atom. The first-order valence-electron chi connectivity index (χ1n) is 14.7. The largest absolute Gasteiger partial charge is 0.359 e. The van der Waals surface area contributed by atoms with Crippen LogP contribution in [0, 0.1) is 5.92 Å². The van der Waals surface area contributed by atoms with E-state index in [2.05, 4.69) is 36.5 Å². The molecule has 43 heavy (non-hydrogen) atoms. The van der Waals surface area contributed by atoms with Crippen LogP contribution in [0.3, 0.4) is 0 Å². The fourth-order valence-corrected chi connectivity index (χ4v) is 6.19. The second-order valence-corrected chi connectivity index (χ2v) is 13.8. The van der Waals surface area contributed by atoms with E-state index in [-0.39, 0.29) is 22.8 Å². The van der Waals surface area contributed by atoms with E-state index in [4.69, 9.17) is 14.5 Å². The highest BCUT2D eigenvalue weighted by Crippen LogP contribution is 2.39. The molecular weight excluding hydrogens is 564 g/mol. The zero-order valence-electron chi connectivity index (χ0n) is 24.7. The van der Waals surface area contributed by atoms with Crippen LogP contribution < -0.4 is 20.9 Å². The molecule has 1 aromatic carbocycles. The number of aliphatic hydroxyl groups is 1. The molecule has 12 heteroatoms. The standard InChI is InChI=1S/C31H36N8O3S/c1-30(2,3)23-15-24(37-42-23)34-28(41)32-20-9-7-18(8-10-20)21-16-39-22-11-12-25(35-27(22)43-29(39)33-21)38(4)17-31(13-14-31)36-26(40)19-5-6-19/h7-12,15-16,19,28,32,41H,5-6,13-14,17H2,1-4H3,(H,34,37)(H,36,40). The van der Waals surface area contributed by atoms with E-state index in [1.807, 2.05) is 64.3 Å². The number of carbonyl (C=O) groups is 1. The summed E-state index contributed by atoms with van der Waals surface area (Å²) >= 11 is 1.56. The molecule has 5 aromatic rings. The zero-order chi connectivity index (χ0) is 29.9. The zero-order valence-corrected chi connectivity index (χ0v) is 25.5. The van der Waals surface area contributed by atoms with Gasteiger partial charge in [-0.2, -0.15) is 0 Å². The molecule has 1 unspecified atom stereocenters. The summed E-state index contributed by atoms with van der Waals surface area (Å²) in [6.07, 6.45) is 5.06. The number of likely N-dealkylation sites (N-methyl/N-ethyl adjacent to an activating group) is 1. The Morgan fingerprint density at radius 2 is 1.93 bits per heavy atom. The van der Waals surface area contributed by atoms with Gasteiger partial charge in [-0.1, -0.05) is 49.4 Å². The minimum Gasteiger partial charge on any atom is -0.359 e. The van der Waals surface area contributed by atoms with E-state index in [0.717, 1.165) is 76.1 Å². The quantitative estimate of drug-likeness (QED) is 0.160. The number of thiazole rings is 1. The van der Waals surface area contributed by atoms with Crippen molar-refractivity contribution in [1.82, 2.24) is 24.8 Å². The van der Waals surface area contributed by atoms with Crippen molar-refractivity contribution in [1.29, 1.82) is 0 Å². The van der Waals surface area contributed by atoms with Gasteiger partial charge in [-0.05, 0) is 49.9 Å². The number of fused-ring (bicyclic) bond motifs is 3. The summed E-state index contributed by atoms with van der Waals surface area (Å²) in [5, 5.41) is 23.6. The maximum absolute atomic E-state index is 12.3. The topological polar surface area (TPSA) is 133 Å². The van der Waals surface area contributed by atoms with Crippen LogP contribution in [0.1, 0.15) is 52.2 Å². The van der Waals surface area contributed by atoms with Crippen molar-refractivity contribution < 1.29 is 14.4 Å². The third-order valence-corrected chi connectivity index (χ3v) is 9.05. The Kier molecular flexibility index (Phi) is 6.58. The van der Waals surface area contributed by atoms with Crippen LogP contribution in [-0.4, -0.2) is 56.0 Å². The molecule has 4 heterocycles. The normalized spacial score (nSPS) is 16.8. The SMILES string of the molecule is CN(CC1(NC(=O)C2CC2)CC1)c1ccc2c(n1)sc1nc(-c3ccc(NC(O)Nc4cc(C(C)(C)C)on4)cc3)cn12. The number of benzene rings is 1. The lowest BCUT2D eigenvalue weighted by Crippen LogP contribution is -2.45. The highest BCUT2D eigenvalue weighted by atomic mass is 32.1. The van der Waals surface area contributed by atoms with Gasteiger partial charge in [0.25, 0.3) is 0 Å². The van der Waals surface area contributed by atoms with Gasteiger partial charge in [0.1, 0.15) is 16.4 Å². The van der Waals surface area contributed by atoms with Crippen molar-refractivity contribution in [3.05, 3.63) is 54.4 Å². The molecule has 7 rings (SSSR count). The molecule has 0 spiro atoms. The number of aliphatic hydroxyl groups excluding tert-OH is 1. The number of rotatable bonds is 10. The summed E-state index contributed by atoms with van der Waals surface area (Å²) in [6, 6.07) is 13.7. The molecule has 11 nitrogen and oxygen atoms in total. The van der Waals surface area contributed by atoms with Crippen LogP contribution in [0.25, 0.3) is 26.6 Å². The first kappa shape index (κ1) is 27.7. The van der Waals surface area contributed by atoms with Crippen LogP contribution in [0.5, 0.6) is 0 Å². The molecule has 0 aliphatic heterocycles. The minimum absolute atomic E-state index is 0.114. The summed E-state index contributed by atoms with van der Waals surface area (Å²) < 4.78 is 7.44. The van der Waals surface area contributed by atoms with Crippen molar-refractivity contribution in [3.63, 3.8) is 0 Å². The third kappa shape index (κ3) is 5.76. The number of nitrogens with zero attached hydrogens (tertiary/aromatic N) is 5. The van der Waals surface area contributed by atoms with Crippen molar-refractivity contribution in [3.8, 4) is 11.3 Å². The van der Waals surface area contributed by atoms with E-state index in [9.17, 15) is 9.90 Å². The van der Waals surface area contributed by atoms with Crippen LogP contribution in [0.2, 0.25) is 0 Å². The Morgan fingerprint density at radius 3 is 2.60 bits per heavy atom. The summed E-state index contributed by atoms with van der Waals surface area (Å²) in [5.74, 6) is 2.52. The Balaban J connectivity index is 1.01. The summed E-state index contributed by atoms with van der Waals surface area (Å²) in [4.78, 5) is 26.1. The minimum atomic E-state index is -1.04. The van der Waals surface area contributed by atoms with E-state index in [1.165, 1.54) is 0 Å². The predicted octanol–water partition coefficient (Wildman–Crippen LogP) is 5.19. The van der Waals surface area contributed by atoms with E-state index >= 15 is 0 Å². The van der Waals surface area contributed by atoms with Crippen LogP contribution in [-0.2, 0) is 10.2 Å². The summed E-state index contributed by atoms with van der Waals surface area (Å²) in [7, 11) is 2.04. The summed E-state index contributed by atoms with van der Waals surface area (Å²) in [6.45, 7) is 6.87. The van der Waals surface area contributed by atoms with Gasteiger partial charge in [-0.15, -0.1) is 0 Å². The number of anilines is 3. The first-order chi connectivity index (χ1) is 20.5. The molecule has 2 fully saturated rings. The van der Waals surface area contributed by atoms with Gasteiger partial charge in [-0.25, -0.2) is 9.97 Å². The highest BCUT2D eigenvalue weighted by molar-refractivity contribution is 7.23. The van der Waals surface area contributed by atoms with Crippen molar-refractivity contribution in [2.45, 2.75) is 63.8 Å². The van der Waals surface area contributed by atoms with Crippen molar-refractivity contribution in [2.24, 2.45) is 5.92 Å². The number of imidazole rings is 1. The Bertz CT molecular complexity index is 1790. The number of aromatic nitrogens is 4. The average molecular weight is 601 g/mol. The Hall–Kier alpha value is -4.16. The average Bonchev–Trinajstić information content (AvgIpc) is 3.81. The molecule has 4 aromatic heterocycles. The fourth-order valence-electron chi connectivity index (χ4n) is 5.21. The maximum atomic E-state index is 12.3. The Labute approximate surface area is 253 Å². The smallest absolute Gasteiger partial charge is 0.223 e. The lowest BCUT2D eigenvalue weighted by molar-refractivity contribution is -0.123. The fraction of sp³-hybridized carbons (Fsp3) is 0.419. The van der Waals surface area contributed by atoms with Crippen molar-refractivity contribution >= 4 is 49.9 Å². The molecule has 0 bridgehead atoms. The maximum Gasteiger partial charge on any atom is 0.223 e. The second-order valence-electron chi connectivity index (χ2n) is 12.9. The first-order valence-corrected chi connectivity index (χ1v) is 15.5. The molecular formula is C31H36N8O3S. The highest BCUT2D eigenvalue weighted by Gasteiger charge is 2.47. The number of pyridine rings is 1. The number of hydrogen-bond donors (Lipinski definition) is 4. The number of hydrogen-bond acceptors (Lipinski definition) is 10. The molecule has 1 amide bonds. The van der Waals surface area contributed by atoms with E-state index in [1.54, 1.807) is 17.4 Å². The molecule has 2 aliphatic carbocycles. The van der Waals surface area contributed by atoms with Gasteiger partial charge in [0, 0.05) is 48.4 Å². The molecule has 1 atom stereocenters. The van der Waals surface area contributed by atoms with Gasteiger partial charge < -0.3 is 30.5 Å². The van der Waals surface area contributed by atoms with E-state index < -0.39 is 6.35 Å². The number of nitrogens with one attached hydrogen (secondary N) is 3. The third-order valence-electron chi connectivity index (χ3n) is 8.09. The number of carbonyl (C=O) groups excluding carboxylic acids is 1. The second kappa shape index (κ2) is 10.2. The molecule has 2 aliphatic rings. The molecule has 224 valence electrons. The van der Waals surface area contributed by atoms with Crippen molar-refractivity contribution in [2.75, 3.05) is 29.1 Å². The molecule has 2 saturated carbocycles. The molecule has 0 radical (unpaired) electrons. The summed E-state index contributed by atoms with van der Waals surface area (Å²) in [5.41, 5.74) is 3.30. The van der Waals surface area contributed by atoms with Gasteiger partial charge in [0.15, 0.2) is 10.8 Å². The predicted molar refractivity (Wildman–Crippen MR) is 168 cm³/mol. The van der Waals surface area contributed by atoms with E-state index in [0.29, 0.717) is 5.82 Å². The molecule has 4 N–H and O–H groups in total. The van der Waals surface area contributed by atoms with Gasteiger partial charge >= 0.3 is 0 Å². The van der Waals surface area contributed by atoms with Crippen LogP contribution >= 0.6 is 11.3 Å². The van der Waals surface area contributed by atoms with Gasteiger partial charge in [0.2, 0.25) is 12.3 Å². The monoisotopic (exact) mass is 600 g/mol. The lowest BCUT2D eigenvalue weighted by Gasteiger charge is -2.25. The van der Waals surface area contributed by atoms with Crippen LogP contribution in [0.4, 0.5) is 17.3 Å².